The maximum atomic E-state index is 13.2. The maximum absolute atomic E-state index is 13.2. The zero-order valence-corrected chi connectivity index (χ0v) is 19.9. The predicted molar refractivity (Wildman–Crippen MR) is 132 cm³/mol. The van der Waals surface area contributed by atoms with E-state index in [0.29, 0.717) is 11.8 Å². The Morgan fingerprint density at radius 1 is 1.16 bits per heavy atom. The van der Waals surface area contributed by atoms with Crippen molar-refractivity contribution in [3.63, 3.8) is 0 Å². The summed E-state index contributed by atoms with van der Waals surface area (Å²) in [5.74, 6) is 1.44. The van der Waals surface area contributed by atoms with Crippen LogP contribution in [0.15, 0.2) is 36.5 Å². The van der Waals surface area contributed by atoms with Gasteiger partial charge in [0.2, 0.25) is 0 Å². The van der Waals surface area contributed by atoms with Crippen LogP contribution in [0, 0.1) is 18.8 Å². The number of anilines is 1. The Balaban J connectivity index is 1.49. The summed E-state index contributed by atoms with van der Waals surface area (Å²) in [5, 5.41) is 7.72. The van der Waals surface area contributed by atoms with Gasteiger partial charge in [-0.15, -0.1) is 11.3 Å². The lowest BCUT2D eigenvalue weighted by Crippen LogP contribution is -2.28. The van der Waals surface area contributed by atoms with Crippen LogP contribution in [0.3, 0.4) is 0 Å². The number of allylic oxidation sites excluding steroid dienone is 1. The number of amides is 1. The average Bonchev–Trinajstić information content (AvgIpc) is 3.52. The van der Waals surface area contributed by atoms with E-state index in [4.69, 9.17) is 0 Å². The van der Waals surface area contributed by atoms with Crippen LogP contribution in [0.2, 0.25) is 0 Å². The van der Waals surface area contributed by atoms with E-state index in [-0.39, 0.29) is 5.91 Å². The number of fused-ring (bicyclic) bond motifs is 1. The number of aryl methyl sites for hydroxylation is 3. The molecule has 1 aromatic heterocycles. The molecule has 0 spiro atoms. The van der Waals surface area contributed by atoms with Crippen molar-refractivity contribution in [1.82, 2.24) is 5.32 Å². The molecule has 2 N–H and O–H groups in total. The third-order valence-electron chi connectivity index (χ3n) is 6.64. The second-order valence-corrected chi connectivity index (χ2v) is 10.6. The topological polar surface area (TPSA) is 41.1 Å². The minimum absolute atomic E-state index is 0.107. The first kappa shape index (κ1) is 22.1. The van der Waals surface area contributed by atoms with Gasteiger partial charge in [-0.25, -0.2) is 0 Å². The van der Waals surface area contributed by atoms with Crippen LogP contribution in [-0.2, 0) is 19.3 Å². The standard InChI is InChI=1S/C27H36N2OS/c1-4-5-19(3)29-27-25(26(30)28-17-22-12-13-22)23-16-21(14-15-24(23)31-27)11-10-20-8-6-18(2)7-9-20/h6-9,21-22,29H,3-5,10-17H2,1-2H3,(H,28,30). The molecule has 1 heterocycles. The lowest BCUT2D eigenvalue weighted by molar-refractivity contribution is 0.0951. The van der Waals surface area contributed by atoms with Crippen LogP contribution in [0.4, 0.5) is 5.00 Å². The highest BCUT2D eigenvalue weighted by atomic mass is 32.1. The lowest BCUT2D eigenvalue weighted by Gasteiger charge is -2.23. The Hall–Kier alpha value is -2.07. The van der Waals surface area contributed by atoms with E-state index in [1.807, 2.05) is 0 Å². The summed E-state index contributed by atoms with van der Waals surface area (Å²) in [4.78, 5) is 14.6. The number of hydrogen-bond donors (Lipinski definition) is 2. The van der Waals surface area contributed by atoms with Crippen molar-refractivity contribution in [1.29, 1.82) is 0 Å². The Kier molecular flexibility index (Phi) is 7.16. The fourth-order valence-electron chi connectivity index (χ4n) is 4.53. The van der Waals surface area contributed by atoms with Crippen LogP contribution in [0.5, 0.6) is 0 Å². The van der Waals surface area contributed by atoms with Gasteiger partial charge < -0.3 is 10.6 Å². The van der Waals surface area contributed by atoms with E-state index in [9.17, 15) is 4.79 Å². The summed E-state index contributed by atoms with van der Waals surface area (Å²) in [6.07, 6.45) is 10.1. The number of carbonyl (C=O) groups excluding carboxylic acids is 1. The van der Waals surface area contributed by atoms with Gasteiger partial charge in [-0.3, -0.25) is 4.79 Å². The molecular formula is C27H36N2OS. The molecule has 1 atom stereocenters. The molecule has 1 unspecified atom stereocenters. The summed E-state index contributed by atoms with van der Waals surface area (Å²) in [5.41, 5.74) is 5.94. The summed E-state index contributed by atoms with van der Waals surface area (Å²) in [6, 6.07) is 8.92. The van der Waals surface area contributed by atoms with Crippen molar-refractivity contribution in [3.8, 4) is 0 Å². The van der Waals surface area contributed by atoms with Gasteiger partial charge in [0.05, 0.1) is 5.56 Å². The van der Waals surface area contributed by atoms with Crippen LogP contribution in [0.1, 0.15) is 77.4 Å². The molecule has 4 rings (SSSR count). The van der Waals surface area contributed by atoms with Gasteiger partial charge in [0.15, 0.2) is 0 Å². The number of hydrogen-bond acceptors (Lipinski definition) is 3. The van der Waals surface area contributed by atoms with Crippen LogP contribution >= 0.6 is 11.3 Å². The maximum Gasteiger partial charge on any atom is 0.254 e. The molecule has 2 aromatic rings. The second-order valence-electron chi connectivity index (χ2n) is 9.47. The van der Waals surface area contributed by atoms with Crippen molar-refractivity contribution in [2.45, 2.75) is 71.6 Å². The minimum Gasteiger partial charge on any atom is -0.352 e. The molecule has 1 fully saturated rings. The molecule has 4 heteroatoms. The summed E-state index contributed by atoms with van der Waals surface area (Å²) >= 11 is 1.78. The fourth-order valence-corrected chi connectivity index (χ4v) is 5.82. The number of benzene rings is 1. The highest BCUT2D eigenvalue weighted by Gasteiger charge is 2.30. The largest absolute Gasteiger partial charge is 0.352 e. The van der Waals surface area contributed by atoms with Crippen LogP contribution in [-0.4, -0.2) is 12.5 Å². The van der Waals surface area contributed by atoms with Crippen LogP contribution in [0.25, 0.3) is 0 Å². The van der Waals surface area contributed by atoms with Gasteiger partial charge in [0, 0.05) is 17.1 Å². The molecule has 166 valence electrons. The summed E-state index contributed by atoms with van der Waals surface area (Å²) < 4.78 is 0. The molecule has 0 saturated heterocycles. The SMILES string of the molecule is C=C(CCC)Nc1sc2c(c1C(=O)NCC1CC1)CC(CCc1ccc(C)cc1)CC2. The van der Waals surface area contributed by atoms with Gasteiger partial charge in [0.1, 0.15) is 5.00 Å². The highest BCUT2D eigenvalue weighted by Crippen LogP contribution is 2.41. The van der Waals surface area contributed by atoms with Gasteiger partial charge in [-0.05, 0) is 81.3 Å². The van der Waals surface area contributed by atoms with E-state index >= 15 is 0 Å². The van der Waals surface area contributed by atoms with Crippen LogP contribution < -0.4 is 10.6 Å². The van der Waals surface area contributed by atoms with Crippen molar-refractivity contribution in [2.24, 2.45) is 11.8 Å². The van der Waals surface area contributed by atoms with Gasteiger partial charge in [-0.1, -0.05) is 49.8 Å². The number of nitrogens with one attached hydrogen (secondary N) is 2. The molecule has 3 nitrogen and oxygen atoms in total. The monoisotopic (exact) mass is 436 g/mol. The molecule has 1 saturated carbocycles. The zero-order valence-electron chi connectivity index (χ0n) is 19.1. The van der Waals surface area contributed by atoms with Crippen molar-refractivity contribution in [2.75, 3.05) is 11.9 Å². The molecule has 2 aliphatic rings. The van der Waals surface area contributed by atoms with E-state index in [2.05, 4.69) is 55.3 Å². The molecule has 0 radical (unpaired) electrons. The molecule has 1 aromatic carbocycles. The van der Waals surface area contributed by atoms with E-state index in [0.717, 1.165) is 54.9 Å². The Labute approximate surface area is 191 Å². The number of thiophene rings is 1. The van der Waals surface area contributed by atoms with Gasteiger partial charge in [0.25, 0.3) is 5.91 Å². The predicted octanol–water partition coefficient (Wildman–Crippen LogP) is 6.66. The van der Waals surface area contributed by atoms with Crippen molar-refractivity contribution in [3.05, 3.63) is 63.7 Å². The van der Waals surface area contributed by atoms with E-state index in [1.54, 1.807) is 11.3 Å². The Bertz CT molecular complexity index is 923. The fraction of sp³-hybridized carbons (Fsp3) is 0.519. The third-order valence-corrected chi connectivity index (χ3v) is 7.85. The summed E-state index contributed by atoms with van der Waals surface area (Å²) in [6.45, 7) is 9.29. The van der Waals surface area contributed by atoms with E-state index in [1.165, 1.54) is 47.3 Å². The zero-order chi connectivity index (χ0) is 21.8. The average molecular weight is 437 g/mol. The first-order chi connectivity index (χ1) is 15.0. The molecule has 1 amide bonds. The van der Waals surface area contributed by atoms with E-state index < -0.39 is 0 Å². The highest BCUT2D eigenvalue weighted by molar-refractivity contribution is 7.16. The quantitative estimate of drug-likeness (QED) is 0.437. The molecule has 2 aliphatic carbocycles. The molecule has 31 heavy (non-hydrogen) atoms. The first-order valence-electron chi connectivity index (χ1n) is 12.0. The van der Waals surface area contributed by atoms with Crippen molar-refractivity contribution < 1.29 is 4.79 Å². The van der Waals surface area contributed by atoms with Gasteiger partial charge in [-0.2, -0.15) is 0 Å². The number of carbonyl (C=O) groups is 1. The smallest absolute Gasteiger partial charge is 0.254 e. The molecular weight excluding hydrogens is 400 g/mol. The number of rotatable bonds is 10. The minimum atomic E-state index is 0.107. The normalized spacial score (nSPS) is 17.8. The summed E-state index contributed by atoms with van der Waals surface area (Å²) in [7, 11) is 0. The Morgan fingerprint density at radius 3 is 2.65 bits per heavy atom. The molecule has 0 aliphatic heterocycles. The lowest BCUT2D eigenvalue weighted by atomic mass is 9.83. The third kappa shape index (κ3) is 5.79. The van der Waals surface area contributed by atoms with Gasteiger partial charge >= 0.3 is 0 Å². The Morgan fingerprint density at radius 2 is 1.94 bits per heavy atom. The first-order valence-corrected chi connectivity index (χ1v) is 12.8. The van der Waals surface area contributed by atoms with Crippen molar-refractivity contribution >= 4 is 22.2 Å². The molecule has 0 bridgehead atoms. The second kappa shape index (κ2) is 10.0.